The van der Waals surface area contributed by atoms with E-state index in [1.165, 1.54) is 11.5 Å². The fraction of sp³-hybridized carbons (Fsp3) is 0. The van der Waals surface area contributed by atoms with E-state index in [4.69, 9.17) is 0 Å². The zero-order valence-electron chi connectivity index (χ0n) is 10.6. The Hall–Kier alpha value is -0.521. The molecule has 2 saturated carbocycles. The first-order valence-electron chi connectivity index (χ1n) is 6.07. The maximum Gasteiger partial charge on any atom is 2.00 e. The Morgan fingerprint density at radius 1 is 0.579 bits per heavy atom. The molecule has 0 atom stereocenters. The van der Waals surface area contributed by atoms with Crippen LogP contribution in [0.4, 0.5) is 0 Å². The summed E-state index contributed by atoms with van der Waals surface area (Å²) in [6.07, 6.45) is 22.5. The average Bonchev–Trinajstić information content (AvgIpc) is 3.13. The van der Waals surface area contributed by atoms with Gasteiger partial charge in [0.25, 0.3) is 0 Å². The van der Waals surface area contributed by atoms with Crippen molar-refractivity contribution >= 4 is 6.08 Å². The first kappa shape index (κ1) is 16.5. The molecule has 0 heterocycles. The van der Waals surface area contributed by atoms with Crippen LogP contribution < -0.4 is 0 Å². The van der Waals surface area contributed by atoms with Gasteiger partial charge in [0, 0.05) is 5.92 Å². The molecule has 19 heavy (non-hydrogen) atoms. The van der Waals surface area contributed by atoms with Crippen LogP contribution in [0, 0.1) is 63.7 Å². The van der Waals surface area contributed by atoms with Gasteiger partial charge in [-0.2, -0.15) is 0 Å². The Morgan fingerprint density at radius 2 is 1.11 bits per heavy atom. The predicted octanol–water partition coefficient (Wildman–Crippen LogP) is 4.12. The zero-order valence-corrected chi connectivity index (χ0v) is 11.7. The monoisotopic (exact) mass is 288 g/mol. The van der Waals surface area contributed by atoms with Crippen LogP contribution in [-0.2, 0) is 17.1 Å². The van der Waals surface area contributed by atoms with Gasteiger partial charge in [0.2, 0.25) is 0 Å². The Bertz CT molecular complexity index is 324. The van der Waals surface area contributed by atoms with Crippen LogP contribution in [0.5, 0.6) is 0 Å². The summed E-state index contributed by atoms with van der Waals surface area (Å²) in [6, 6.07) is 10.3. The first-order chi connectivity index (χ1) is 8.95. The second-order valence-electron chi connectivity index (χ2n) is 3.92. The van der Waals surface area contributed by atoms with Crippen molar-refractivity contribution in [3.05, 3.63) is 106 Å². The van der Waals surface area contributed by atoms with E-state index in [0.29, 0.717) is 0 Å². The third-order valence-electron chi connectivity index (χ3n) is 2.51. The van der Waals surface area contributed by atoms with Crippen LogP contribution in [0.1, 0.15) is 5.56 Å². The quantitative estimate of drug-likeness (QED) is 0.718. The summed E-state index contributed by atoms with van der Waals surface area (Å²) in [5.74, 6) is 1.25. The summed E-state index contributed by atoms with van der Waals surface area (Å²) in [4.78, 5) is 0. The third-order valence-corrected chi connectivity index (χ3v) is 2.51. The maximum absolute atomic E-state index is 2.12. The summed E-state index contributed by atoms with van der Waals surface area (Å²) < 4.78 is 0. The molecule has 10 radical (unpaired) electrons. The van der Waals surface area contributed by atoms with Crippen LogP contribution in [0.15, 0.2) is 36.4 Å². The summed E-state index contributed by atoms with van der Waals surface area (Å²) in [5, 5.41) is 0. The van der Waals surface area contributed by atoms with Crippen LogP contribution in [-0.4, -0.2) is 0 Å². The molecule has 3 rings (SSSR count). The van der Waals surface area contributed by atoms with Gasteiger partial charge in [-0.1, -0.05) is 42.5 Å². The van der Waals surface area contributed by atoms with Gasteiger partial charge in [0.05, 0.1) is 0 Å². The Morgan fingerprint density at radius 3 is 1.63 bits per heavy atom. The van der Waals surface area contributed by atoms with Gasteiger partial charge in [-0.3, -0.25) is 0 Å². The fourth-order valence-electron chi connectivity index (χ4n) is 1.58. The van der Waals surface area contributed by atoms with Crippen molar-refractivity contribution in [3.63, 3.8) is 0 Å². The van der Waals surface area contributed by atoms with Crippen molar-refractivity contribution < 1.29 is 17.1 Å². The molecule has 0 nitrogen and oxygen atoms in total. The standard InChI is InChI=1S/C13H11.C5H5.Fe/c1-2-6-12(7-3-1)10-11-13-8-4-5-9-13;1-2-4-5-3-1;/h1-11H;1-5H;/q;;+2/b11-10+;;. The number of hydrogen-bond donors (Lipinski definition) is 0. The molecule has 94 valence electrons. The molecular weight excluding hydrogens is 272 g/mol. The van der Waals surface area contributed by atoms with E-state index in [1.54, 1.807) is 0 Å². The maximum atomic E-state index is 2.12. The van der Waals surface area contributed by atoms with Gasteiger partial charge in [0.15, 0.2) is 0 Å². The van der Waals surface area contributed by atoms with Crippen LogP contribution in [0.25, 0.3) is 6.08 Å². The normalized spacial score (nSPS) is 18.9. The Balaban J connectivity index is 0.000000256. The van der Waals surface area contributed by atoms with E-state index in [2.05, 4.69) is 37.1 Å². The van der Waals surface area contributed by atoms with Crippen molar-refractivity contribution in [2.45, 2.75) is 0 Å². The number of allylic oxidation sites excluding steroid dienone is 1. The van der Waals surface area contributed by atoms with Crippen molar-refractivity contribution in [2.24, 2.45) is 0 Å². The van der Waals surface area contributed by atoms with E-state index in [-0.39, 0.29) is 17.1 Å². The van der Waals surface area contributed by atoms with E-state index in [9.17, 15) is 0 Å². The van der Waals surface area contributed by atoms with Crippen molar-refractivity contribution in [1.82, 2.24) is 0 Å². The van der Waals surface area contributed by atoms with Gasteiger partial charge >= 0.3 is 17.1 Å². The van der Waals surface area contributed by atoms with Gasteiger partial charge in [0.1, 0.15) is 0 Å². The minimum Gasteiger partial charge on any atom is -0.0762 e. The minimum absolute atomic E-state index is 0. The smallest absolute Gasteiger partial charge is 0.0762 e. The van der Waals surface area contributed by atoms with E-state index >= 15 is 0 Å². The van der Waals surface area contributed by atoms with Gasteiger partial charge < -0.3 is 0 Å². The largest absolute Gasteiger partial charge is 2.00 e. The Kier molecular flexibility index (Phi) is 8.95. The molecule has 0 N–H and O–H groups in total. The van der Waals surface area contributed by atoms with E-state index in [0.717, 1.165) is 0 Å². The third kappa shape index (κ3) is 6.99. The second-order valence-corrected chi connectivity index (χ2v) is 3.92. The molecule has 1 heteroatoms. The molecule has 2 aliphatic rings. The number of hydrogen-bond acceptors (Lipinski definition) is 0. The molecule has 0 unspecified atom stereocenters. The van der Waals surface area contributed by atoms with Gasteiger partial charge in [-0.25, -0.2) is 0 Å². The second kappa shape index (κ2) is 10.3. The summed E-state index contributed by atoms with van der Waals surface area (Å²) in [7, 11) is 0. The molecule has 0 amide bonds. The van der Waals surface area contributed by atoms with Crippen molar-refractivity contribution in [2.75, 3.05) is 0 Å². The SMILES string of the molecule is [CH]1[CH][CH][CH][CH]1.[CH]1[CH][CH][C](/C=C/c2ccccc2)[CH]1.[Fe+2]. The van der Waals surface area contributed by atoms with Crippen LogP contribution in [0.2, 0.25) is 0 Å². The molecule has 0 spiro atoms. The molecule has 0 saturated heterocycles. The summed E-state index contributed by atoms with van der Waals surface area (Å²) in [5.41, 5.74) is 1.24. The molecule has 2 fully saturated rings. The van der Waals surface area contributed by atoms with E-state index in [1.807, 2.05) is 63.1 Å². The van der Waals surface area contributed by atoms with Crippen LogP contribution in [0.3, 0.4) is 0 Å². The number of benzene rings is 1. The summed E-state index contributed by atoms with van der Waals surface area (Å²) in [6.45, 7) is 0. The molecular formula is C18H16Fe+2. The average molecular weight is 288 g/mol. The summed E-state index contributed by atoms with van der Waals surface area (Å²) >= 11 is 0. The van der Waals surface area contributed by atoms with Crippen molar-refractivity contribution in [1.29, 1.82) is 0 Å². The topological polar surface area (TPSA) is 0 Å². The first-order valence-corrected chi connectivity index (χ1v) is 6.07. The predicted molar refractivity (Wildman–Crippen MR) is 77.4 cm³/mol. The number of rotatable bonds is 2. The zero-order chi connectivity index (χ0) is 12.5. The van der Waals surface area contributed by atoms with E-state index < -0.39 is 0 Å². The van der Waals surface area contributed by atoms with Gasteiger partial charge in [-0.15, -0.1) is 0 Å². The molecule has 1 aromatic carbocycles. The molecule has 1 aromatic rings. The van der Waals surface area contributed by atoms with Crippen LogP contribution >= 0.6 is 0 Å². The molecule has 0 bridgehead atoms. The van der Waals surface area contributed by atoms with Gasteiger partial charge in [-0.05, 0) is 63.4 Å². The Labute approximate surface area is 129 Å². The fourth-order valence-corrected chi connectivity index (χ4v) is 1.58. The van der Waals surface area contributed by atoms with Crippen molar-refractivity contribution in [3.8, 4) is 0 Å². The molecule has 2 aliphatic carbocycles. The molecule has 0 aromatic heterocycles. The molecule has 0 aliphatic heterocycles. The minimum atomic E-state index is 0.